The van der Waals surface area contributed by atoms with Crippen LogP contribution in [0.4, 0.5) is 18.9 Å². The highest BCUT2D eigenvalue weighted by Crippen LogP contribution is 2.29. The van der Waals surface area contributed by atoms with Gasteiger partial charge in [0.1, 0.15) is 0 Å². The molecule has 1 saturated heterocycles. The number of hydrazine groups is 1. The van der Waals surface area contributed by atoms with Crippen LogP contribution in [0.15, 0.2) is 54.5 Å². The maximum atomic E-state index is 13.5. The van der Waals surface area contributed by atoms with Gasteiger partial charge < -0.3 is 25.6 Å². The van der Waals surface area contributed by atoms with E-state index in [2.05, 4.69) is 47.2 Å². The lowest BCUT2D eigenvalue weighted by atomic mass is 10.1. The van der Waals surface area contributed by atoms with E-state index in [-0.39, 0.29) is 17.9 Å². The van der Waals surface area contributed by atoms with Gasteiger partial charge in [0, 0.05) is 69.1 Å². The molecule has 1 amide bonds. The van der Waals surface area contributed by atoms with Gasteiger partial charge in [0.25, 0.3) is 5.91 Å². The number of hydrogen-bond donors (Lipinski definition) is 3. The van der Waals surface area contributed by atoms with Crippen molar-refractivity contribution in [3.8, 4) is 12.8 Å². The summed E-state index contributed by atoms with van der Waals surface area (Å²) in [5.74, 6) is 3.76. The first-order valence-corrected chi connectivity index (χ1v) is 14.7. The molecule has 254 valence electrons. The fourth-order valence-corrected chi connectivity index (χ4v) is 4.26. The van der Waals surface area contributed by atoms with E-state index in [1.54, 1.807) is 43.9 Å². The molecule has 0 spiro atoms. The van der Waals surface area contributed by atoms with Gasteiger partial charge in [0.05, 0.1) is 30.1 Å². The number of hydrogen-bond acceptors (Lipinski definition) is 8. The zero-order chi connectivity index (χ0) is 35.0. The predicted octanol–water partition coefficient (Wildman–Crippen LogP) is 4.19. The van der Waals surface area contributed by atoms with Gasteiger partial charge in [0.2, 0.25) is 0 Å². The second-order valence-electron chi connectivity index (χ2n) is 10.8. The lowest BCUT2D eigenvalue weighted by Crippen LogP contribution is -2.42. The van der Waals surface area contributed by atoms with E-state index in [1.807, 2.05) is 6.92 Å². The number of terminal acetylenes is 1. The fraction of sp³-hybridized carbons (Fsp3) is 0.455. The van der Waals surface area contributed by atoms with Gasteiger partial charge in [-0.2, -0.15) is 18.3 Å². The summed E-state index contributed by atoms with van der Waals surface area (Å²) in [4.78, 5) is 17.7. The quantitative estimate of drug-likeness (QED) is 0.152. The molecule has 0 bridgehead atoms. The number of carbonyl (C=O) groups is 1. The Hall–Kier alpha value is -4.09. The van der Waals surface area contributed by atoms with E-state index in [9.17, 15) is 18.0 Å². The lowest BCUT2D eigenvalue weighted by Gasteiger charge is -2.28. The number of halogens is 3. The SMILES string of the molecule is C#C.CCC=CC(/C=C(\COC)NC(=O)c1ccc(C)c(N(N)/C=C(\N)c2cnn(C)c2C)c1)C(F)(F)F.CN1CCN(C)CC1. The summed E-state index contributed by atoms with van der Waals surface area (Å²) in [5, 5.41) is 7.98. The smallest absolute Gasteiger partial charge is 0.397 e. The summed E-state index contributed by atoms with van der Waals surface area (Å²) in [6, 6.07) is 4.78. The van der Waals surface area contributed by atoms with Gasteiger partial charge in [-0.05, 0) is 58.1 Å². The largest absolute Gasteiger partial charge is 0.398 e. The van der Waals surface area contributed by atoms with Crippen LogP contribution in [-0.2, 0) is 11.8 Å². The minimum atomic E-state index is -4.51. The number of piperazine rings is 1. The minimum absolute atomic E-state index is 0.00602. The molecule has 1 unspecified atom stereocenters. The van der Waals surface area contributed by atoms with Crippen molar-refractivity contribution in [2.24, 2.45) is 24.5 Å². The molecule has 0 saturated carbocycles. The van der Waals surface area contributed by atoms with Gasteiger partial charge in [-0.15, -0.1) is 12.8 Å². The summed E-state index contributed by atoms with van der Waals surface area (Å²) in [6.07, 6.45) is 10.5. The van der Waals surface area contributed by atoms with Crippen LogP contribution < -0.4 is 21.9 Å². The molecular formula is C33H49F3N8O2. The molecule has 5 N–H and O–H groups in total. The number of aryl methyl sites for hydroxylation is 2. The third kappa shape index (κ3) is 12.7. The number of allylic oxidation sites excluding steroid dienone is 3. The van der Waals surface area contributed by atoms with E-state index in [1.165, 1.54) is 56.6 Å². The summed E-state index contributed by atoms with van der Waals surface area (Å²) in [5.41, 5.74) is 9.58. The molecule has 2 heterocycles. The molecule has 0 radical (unpaired) electrons. The van der Waals surface area contributed by atoms with Crippen molar-refractivity contribution in [2.45, 2.75) is 33.4 Å². The molecule has 1 aromatic carbocycles. The average Bonchev–Trinajstić information content (AvgIpc) is 3.35. The molecule has 1 aliphatic rings. The number of aromatic nitrogens is 2. The van der Waals surface area contributed by atoms with E-state index in [4.69, 9.17) is 16.3 Å². The van der Waals surface area contributed by atoms with Crippen LogP contribution in [0.3, 0.4) is 0 Å². The summed E-state index contributed by atoms with van der Waals surface area (Å²) in [7, 11) is 7.48. The maximum absolute atomic E-state index is 13.5. The Morgan fingerprint density at radius 1 is 1.15 bits per heavy atom. The van der Waals surface area contributed by atoms with Crippen LogP contribution >= 0.6 is 0 Å². The predicted molar refractivity (Wildman–Crippen MR) is 179 cm³/mol. The second kappa shape index (κ2) is 19.4. The van der Waals surface area contributed by atoms with Gasteiger partial charge in [0.15, 0.2) is 0 Å². The Bertz CT molecular complexity index is 1350. The van der Waals surface area contributed by atoms with Crippen molar-refractivity contribution in [1.29, 1.82) is 0 Å². The molecule has 13 heteroatoms. The van der Waals surface area contributed by atoms with Gasteiger partial charge in [-0.3, -0.25) is 14.5 Å². The number of likely N-dealkylation sites (N-methyl/N-ethyl adjacent to an activating group) is 2. The minimum Gasteiger partial charge on any atom is -0.397 e. The third-order valence-electron chi connectivity index (χ3n) is 7.21. The van der Waals surface area contributed by atoms with Crippen LogP contribution in [0.5, 0.6) is 0 Å². The number of methoxy groups -OCH3 is 1. The third-order valence-corrected chi connectivity index (χ3v) is 7.21. The number of benzene rings is 1. The number of nitrogens with two attached hydrogens (primary N) is 2. The van der Waals surface area contributed by atoms with Crippen LogP contribution in [0.2, 0.25) is 0 Å². The topological polar surface area (TPSA) is 118 Å². The number of alkyl halides is 3. The van der Waals surface area contributed by atoms with Crippen molar-refractivity contribution < 1.29 is 22.7 Å². The molecule has 46 heavy (non-hydrogen) atoms. The van der Waals surface area contributed by atoms with Gasteiger partial charge >= 0.3 is 6.18 Å². The summed E-state index contributed by atoms with van der Waals surface area (Å²) < 4.78 is 47.0. The molecule has 1 aliphatic heterocycles. The van der Waals surface area contributed by atoms with Crippen LogP contribution in [0.25, 0.3) is 5.70 Å². The monoisotopic (exact) mass is 646 g/mol. The van der Waals surface area contributed by atoms with Crippen molar-refractivity contribution >= 4 is 17.3 Å². The standard InChI is InChI=1S/C25H33F3N6O2.C6H14N2.C2H2/c1-6-7-8-19(25(26,27)28)12-20(15-36-5)32-24(35)18-10-9-16(2)23(11-18)34(30)14-22(29)21-13-31-33(4)17(21)3;1-7-3-5-8(2)6-4-7;1-2/h7-14,19H,6,15,29-30H2,1-5H3,(H,32,35);3-6H2,1-2H3;1-2H/b8-7?,20-12+,22-14-;;. The molecule has 2 aromatic rings. The number of ether oxygens (including phenoxy) is 1. The van der Waals surface area contributed by atoms with Gasteiger partial charge in [-0.25, -0.2) is 5.84 Å². The number of rotatable bonds is 10. The normalized spacial score (nSPS) is 15.4. The zero-order valence-corrected chi connectivity index (χ0v) is 27.9. The molecule has 10 nitrogen and oxygen atoms in total. The van der Waals surface area contributed by atoms with Crippen molar-refractivity contribution in [3.63, 3.8) is 0 Å². The van der Waals surface area contributed by atoms with Crippen LogP contribution in [0.1, 0.15) is 40.5 Å². The van der Waals surface area contributed by atoms with E-state index in [0.29, 0.717) is 23.4 Å². The van der Waals surface area contributed by atoms with Gasteiger partial charge in [-0.1, -0.05) is 25.1 Å². The maximum Gasteiger partial charge on any atom is 0.398 e. The molecule has 1 fully saturated rings. The van der Waals surface area contributed by atoms with Crippen molar-refractivity contribution in [1.82, 2.24) is 24.9 Å². The van der Waals surface area contributed by atoms with E-state index < -0.39 is 18.0 Å². The molecule has 0 aliphatic carbocycles. The second-order valence-corrected chi connectivity index (χ2v) is 10.8. The summed E-state index contributed by atoms with van der Waals surface area (Å²) in [6.45, 7) is 10.1. The number of anilines is 1. The first-order valence-electron chi connectivity index (χ1n) is 14.7. The number of nitrogens with one attached hydrogen (secondary N) is 1. The Labute approximate surface area is 271 Å². The highest BCUT2D eigenvalue weighted by Gasteiger charge is 2.36. The summed E-state index contributed by atoms with van der Waals surface area (Å²) >= 11 is 0. The zero-order valence-electron chi connectivity index (χ0n) is 27.9. The molecular weight excluding hydrogens is 597 g/mol. The van der Waals surface area contributed by atoms with Crippen LogP contribution in [0, 0.1) is 32.6 Å². The lowest BCUT2D eigenvalue weighted by molar-refractivity contribution is -0.149. The molecule has 1 aromatic heterocycles. The Morgan fingerprint density at radius 3 is 2.22 bits per heavy atom. The van der Waals surface area contributed by atoms with E-state index in [0.717, 1.165) is 23.4 Å². The molecule has 3 rings (SSSR count). The highest BCUT2D eigenvalue weighted by atomic mass is 19.4. The van der Waals surface area contributed by atoms with Crippen molar-refractivity contribution in [2.75, 3.05) is 59.0 Å². The number of amides is 1. The first kappa shape index (κ1) is 39.9. The van der Waals surface area contributed by atoms with Crippen molar-refractivity contribution in [3.05, 3.63) is 76.9 Å². The van der Waals surface area contributed by atoms with E-state index >= 15 is 0 Å². The Kier molecular flexibility index (Phi) is 16.9. The Morgan fingerprint density at radius 2 is 1.74 bits per heavy atom. The number of carbonyl (C=O) groups excluding carboxylic acids is 1. The number of nitrogens with zero attached hydrogens (tertiary/aromatic N) is 5. The van der Waals surface area contributed by atoms with Crippen LogP contribution in [-0.4, -0.2) is 85.7 Å². The molecule has 1 atom stereocenters. The Balaban J connectivity index is 0.000000905. The fourth-order valence-electron chi connectivity index (χ4n) is 4.26. The average molecular weight is 647 g/mol. The highest BCUT2D eigenvalue weighted by molar-refractivity contribution is 5.96. The first-order chi connectivity index (χ1) is 21.7.